The van der Waals surface area contributed by atoms with E-state index in [-0.39, 0.29) is 0 Å². The van der Waals surface area contributed by atoms with E-state index < -0.39 is 0 Å². The molecule has 0 bridgehead atoms. The van der Waals surface area contributed by atoms with Crippen molar-refractivity contribution in [2.24, 2.45) is 0 Å². The van der Waals surface area contributed by atoms with E-state index in [1.165, 1.54) is 121 Å². The SMILES string of the molecule is C1=Cc2c(n(-c3ccc(-c4ccc5c6cccc7c(-c8ccc(-n9c%10ccccc%10c%10ccccc%109)cc8)ccc(c8cccc4c85)c76)cc3)c3ccccc23)CC1. The molecule has 1 aliphatic rings. The van der Waals surface area contributed by atoms with Crippen LogP contribution in [0.2, 0.25) is 0 Å². The summed E-state index contributed by atoms with van der Waals surface area (Å²) in [6.07, 6.45) is 6.76. The molecular weight excluding hydrogens is 701 g/mol. The van der Waals surface area contributed by atoms with Crippen molar-refractivity contribution in [3.63, 3.8) is 0 Å². The predicted octanol–water partition coefficient (Wildman–Crippen LogP) is 15.1. The molecule has 0 N–H and O–H groups in total. The first kappa shape index (κ1) is 31.7. The van der Waals surface area contributed by atoms with Gasteiger partial charge in [0.2, 0.25) is 0 Å². The normalized spacial score (nSPS) is 13.0. The van der Waals surface area contributed by atoms with Gasteiger partial charge in [-0.2, -0.15) is 0 Å². The topological polar surface area (TPSA) is 9.86 Å². The molecular formula is C56H36N2. The van der Waals surface area contributed by atoms with Crippen LogP contribution >= 0.6 is 0 Å². The van der Waals surface area contributed by atoms with Gasteiger partial charge in [-0.15, -0.1) is 0 Å². The van der Waals surface area contributed by atoms with Crippen molar-refractivity contribution in [2.45, 2.75) is 12.8 Å². The summed E-state index contributed by atoms with van der Waals surface area (Å²) in [7, 11) is 0. The number of hydrogen-bond acceptors (Lipinski definition) is 0. The zero-order chi connectivity index (χ0) is 37.9. The van der Waals surface area contributed by atoms with E-state index in [1.54, 1.807) is 0 Å². The van der Waals surface area contributed by atoms with Crippen molar-refractivity contribution < 1.29 is 0 Å². The molecule has 0 unspecified atom stereocenters. The van der Waals surface area contributed by atoms with E-state index in [9.17, 15) is 0 Å². The van der Waals surface area contributed by atoms with Crippen molar-refractivity contribution in [3.05, 3.63) is 199 Å². The smallest absolute Gasteiger partial charge is 0.0541 e. The highest BCUT2D eigenvalue weighted by atomic mass is 15.0. The molecule has 2 heteroatoms. The Kier molecular flexibility index (Phi) is 6.59. The van der Waals surface area contributed by atoms with Crippen LogP contribution in [0.5, 0.6) is 0 Å². The average Bonchev–Trinajstić information content (AvgIpc) is 3.81. The van der Waals surface area contributed by atoms with Crippen LogP contribution in [0.3, 0.4) is 0 Å². The van der Waals surface area contributed by atoms with Gasteiger partial charge in [0.1, 0.15) is 0 Å². The summed E-state index contributed by atoms with van der Waals surface area (Å²) in [5.74, 6) is 0. The van der Waals surface area contributed by atoms with Gasteiger partial charge in [-0.25, -0.2) is 0 Å². The number of nitrogens with zero attached hydrogens (tertiary/aromatic N) is 2. The highest BCUT2D eigenvalue weighted by Gasteiger charge is 2.20. The van der Waals surface area contributed by atoms with Gasteiger partial charge in [0.05, 0.1) is 16.6 Å². The summed E-state index contributed by atoms with van der Waals surface area (Å²) in [6.45, 7) is 0. The second-order valence-electron chi connectivity index (χ2n) is 15.9. The Morgan fingerprint density at radius 3 is 1.31 bits per heavy atom. The van der Waals surface area contributed by atoms with Crippen LogP contribution in [0.25, 0.3) is 116 Å². The third-order valence-electron chi connectivity index (χ3n) is 13.0. The van der Waals surface area contributed by atoms with E-state index in [1.807, 2.05) is 0 Å². The Labute approximate surface area is 335 Å². The van der Waals surface area contributed by atoms with Crippen molar-refractivity contribution in [2.75, 3.05) is 0 Å². The lowest BCUT2D eigenvalue weighted by Gasteiger charge is -2.18. The van der Waals surface area contributed by atoms with Crippen LogP contribution < -0.4 is 0 Å². The Balaban J connectivity index is 0.930. The molecule has 0 amide bonds. The fourth-order valence-corrected chi connectivity index (χ4v) is 10.5. The number of para-hydroxylation sites is 3. The second kappa shape index (κ2) is 12.0. The van der Waals surface area contributed by atoms with E-state index in [2.05, 4.69) is 203 Å². The molecule has 0 saturated carbocycles. The molecule has 13 rings (SSSR count). The lowest BCUT2D eigenvalue weighted by atomic mass is 9.85. The first-order valence-electron chi connectivity index (χ1n) is 20.4. The minimum Gasteiger partial charge on any atom is -0.313 e. The predicted molar refractivity (Wildman–Crippen MR) is 247 cm³/mol. The first-order valence-corrected chi connectivity index (χ1v) is 20.4. The number of benzene rings is 10. The quantitative estimate of drug-likeness (QED) is 0.126. The molecule has 1 aliphatic carbocycles. The summed E-state index contributed by atoms with van der Waals surface area (Å²) >= 11 is 0. The monoisotopic (exact) mass is 736 g/mol. The van der Waals surface area contributed by atoms with Gasteiger partial charge in [-0.1, -0.05) is 152 Å². The fourth-order valence-electron chi connectivity index (χ4n) is 10.5. The average molecular weight is 737 g/mol. The lowest BCUT2D eigenvalue weighted by molar-refractivity contribution is 0.888. The van der Waals surface area contributed by atoms with Crippen molar-refractivity contribution in [1.29, 1.82) is 0 Å². The van der Waals surface area contributed by atoms with E-state index in [4.69, 9.17) is 0 Å². The third kappa shape index (κ3) is 4.37. The molecule has 0 radical (unpaired) electrons. The summed E-state index contributed by atoms with van der Waals surface area (Å²) in [6, 6.07) is 67.8. The molecule has 58 heavy (non-hydrogen) atoms. The molecule has 12 aromatic rings. The zero-order valence-corrected chi connectivity index (χ0v) is 31.8. The molecule has 0 atom stereocenters. The Bertz CT molecular complexity index is 3580. The van der Waals surface area contributed by atoms with Crippen molar-refractivity contribution >= 4 is 81.9 Å². The van der Waals surface area contributed by atoms with Gasteiger partial charge in [0, 0.05) is 38.8 Å². The van der Waals surface area contributed by atoms with Crippen LogP contribution in [0, 0.1) is 0 Å². The summed E-state index contributed by atoms with van der Waals surface area (Å²) in [5, 5.41) is 14.4. The molecule has 2 heterocycles. The Morgan fingerprint density at radius 2 is 0.759 bits per heavy atom. The van der Waals surface area contributed by atoms with Gasteiger partial charge in [0.25, 0.3) is 0 Å². The second-order valence-corrected chi connectivity index (χ2v) is 15.9. The highest BCUT2D eigenvalue weighted by molar-refractivity contribution is 6.35. The lowest BCUT2D eigenvalue weighted by Crippen LogP contribution is -2.02. The van der Waals surface area contributed by atoms with Crippen molar-refractivity contribution in [1.82, 2.24) is 9.13 Å². The largest absolute Gasteiger partial charge is 0.313 e. The molecule has 0 aliphatic heterocycles. The van der Waals surface area contributed by atoms with Gasteiger partial charge >= 0.3 is 0 Å². The Morgan fingerprint density at radius 1 is 0.328 bits per heavy atom. The molecule has 0 saturated heterocycles. The summed E-state index contributed by atoms with van der Waals surface area (Å²) in [5.41, 5.74) is 13.9. The van der Waals surface area contributed by atoms with Crippen molar-refractivity contribution in [3.8, 4) is 33.6 Å². The summed E-state index contributed by atoms with van der Waals surface area (Å²) in [4.78, 5) is 0. The van der Waals surface area contributed by atoms with Gasteiger partial charge < -0.3 is 9.13 Å². The maximum absolute atomic E-state index is 2.47. The van der Waals surface area contributed by atoms with Crippen LogP contribution in [-0.4, -0.2) is 9.13 Å². The van der Waals surface area contributed by atoms with Crippen LogP contribution in [-0.2, 0) is 6.42 Å². The maximum atomic E-state index is 2.47. The van der Waals surface area contributed by atoms with Crippen LogP contribution in [0.4, 0.5) is 0 Å². The number of hydrogen-bond donors (Lipinski definition) is 0. The minimum atomic E-state index is 1.06. The molecule has 0 fully saturated rings. The minimum absolute atomic E-state index is 1.06. The van der Waals surface area contributed by atoms with Gasteiger partial charge in [0.15, 0.2) is 0 Å². The third-order valence-corrected chi connectivity index (χ3v) is 13.0. The Hall–Kier alpha value is -7.42. The summed E-state index contributed by atoms with van der Waals surface area (Å²) < 4.78 is 4.86. The van der Waals surface area contributed by atoms with Gasteiger partial charge in [-0.05, 0) is 121 Å². The number of aromatic nitrogens is 2. The van der Waals surface area contributed by atoms with Crippen LogP contribution in [0.1, 0.15) is 17.7 Å². The zero-order valence-electron chi connectivity index (χ0n) is 31.8. The molecule has 10 aromatic carbocycles. The van der Waals surface area contributed by atoms with E-state index in [0.29, 0.717) is 0 Å². The molecule has 270 valence electrons. The number of allylic oxidation sites excluding steroid dienone is 1. The van der Waals surface area contributed by atoms with Crippen LogP contribution in [0.15, 0.2) is 188 Å². The standard InChI is InChI=1S/C56H36N2/c1-5-19-51-41(11-1)42-12-2-6-20-52(42)57(51)37-27-23-35(24-28-37)39-31-33-49-48-18-10-16-46-40(32-34-50(56(46)48)47-17-9-15-45(39)55(47)49)36-25-29-38(30-26-36)58-53-21-7-3-13-43(53)44-14-4-8-22-54(44)58/h1-7,9-21,23-34H,8,22H2. The fraction of sp³-hybridized carbons (Fsp3) is 0.0357. The van der Waals surface area contributed by atoms with E-state index >= 15 is 0 Å². The van der Waals surface area contributed by atoms with E-state index in [0.717, 1.165) is 12.8 Å². The van der Waals surface area contributed by atoms with Gasteiger partial charge in [-0.3, -0.25) is 0 Å². The number of rotatable bonds is 4. The highest BCUT2D eigenvalue weighted by Crippen LogP contribution is 2.45. The number of fused-ring (bicyclic) bond motifs is 8. The first-order chi connectivity index (χ1) is 28.8. The maximum Gasteiger partial charge on any atom is 0.0541 e. The molecule has 2 nitrogen and oxygen atoms in total. The molecule has 0 spiro atoms. The molecule has 2 aromatic heterocycles.